The molecule has 1 unspecified atom stereocenters. The van der Waals surface area contributed by atoms with Gasteiger partial charge >= 0.3 is 11.8 Å². The van der Waals surface area contributed by atoms with Crippen LogP contribution in [-0.2, 0) is 17.9 Å². The minimum atomic E-state index is -0.545. The Bertz CT molecular complexity index is 658. The van der Waals surface area contributed by atoms with Gasteiger partial charge in [-0.25, -0.2) is 0 Å². The minimum absolute atomic E-state index is 0.197. The minimum Gasteiger partial charge on any atom is -0.443 e. The Morgan fingerprint density at radius 1 is 1.57 bits per heavy atom. The van der Waals surface area contributed by atoms with E-state index in [4.69, 9.17) is 9.47 Å². The number of halogens is 1. The smallest absolute Gasteiger partial charge is 0.414 e. The zero-order valence-electron chi connectivity index (χ0n) is 10.8. The molecule has 0 saturated heterocycles. The summed E-state index contributed by atoms with van der Waals surface area (Å²) < 4.78 is 13.6. The summed E-state index contributed by atoms with van der Waals surface area (Å²) in [5.74, 6) is -0.222. The van der Waals surface area contributed by atoms with Gasteiger partial charge in [0.25, 0.3) is 0 Å². The second-order valence-electron chi connectivity index (χ2n) is 4.50. The van der Waals surface area contributed by atoms with Crippen LogP contribution in [0.4, 0.5) is 5.82 Å². The first-order valence-electron chi connectivity index (χ1n) is 6.18. The van der Waals surface area contributed by atoms with Crippen LogP contribution in [0.15, 0.2) is 29.0 Å². The van der Waals surface area contributed by atoms with Crippen molar-refractivity contribution < 1.29 is 14.4 Å². The molecule has 0 aromatic carbocycles. The van der Waals surface area contributed by atoms with Gasteiger partial charge in [-0.05, 0) is 33.0 Å². The lowest BCUT2D eigenvalue weighted by molar-refractivity contribution is -0.389. The molecule has 0 radical (unpaired) electrons. The van der Waals surface area contributed by atoms with Crippen LogP contribution >= 0.6 is 15.9 Å². The average molecular weight is 355 g/mol. The van der Waals surface area contributed by atoms with Crippen molar-refractivity contribution in [1.82, 2.24) is 14.5 Å². The highest BCUT2D eigenvalue weighted by atomic mass is 79.9. The van der Waals surface area contributed by atoms with Gasteiger partial charge in [0, 0.05) is 15.7 Å². The van der Waals surface area contributed by atoms with Crippen molar-refractivity contribution >= 4 is 21.7 Å². The van der Waals surface area contributed by atoms with E-state index in [2.05, 4.69) is 25.9 Å². The van der Waals surface area contributed by atoms with Gasteiger partial charge in [0.05, 0.1) is 18.8 Å². The Kier molecular flexibility index (Phi) is 3.84. The van der Waals surface area contributed by atoms with Crippen molar-refractivity contribution in [3.8, 4) is 6.01 Å². The predicted octanol–water partition coefficient (Wildman–Crippen LogP) is 1.93. The van der Waals surface area contributed by atoms with Crippen molar-refractivity contribution in [2.45, 2.75) is 19.3 Å². The summed E-state index contributed by atoms with van der Waals surface area (Å²) in [5.41, 5.74) is 0.806. The van der Waals surface area contributed by atoms with Crippen LogP contribution in [0.2, 0.25) is 0 Å². The molecular weight excluding hydrogens is 344 g/mol. The van der Waals surface area contributed by atoms with Crippen molar-refractivity contribution in [2.24, 2.45) is 0 Å². The quantitative estimate of drug-likeness (QED) is 0.615. The van der Waals surface area contributed by atoms with E-state index in [0.29, 0.717) is 19.8 Å². The number of hydrogen-bond donors (Lipinski definition) is 0. The first-order chi connectivity index (χ1) is 10.1. The summed E-state index contributed by atoms with van der Waals surface area (Å²) >= 11 is 3.32. The lowest BCUT2D eigenvalue weighted by Crippen LogP contribution is -2.32. The number of nitrogens with zero attached hydrogens (tertiary/aromatic N) is 4. The maximum Gasteiger partial charge on any atom is 0.414 e. The number of hydrogen-bond acceptors (Lipinski definition) is 6. The molecule has 2 aromatic rings. The zero-order chi connectivity index (χ0) is 14.8. The number of aromatic nitrogens is 3. The van der Waals surface area contributed by atoms with Crippen LogP contribution in [0.25, 0.3) is 0 Å². The van der Waals surface area contributed by atoms with Gasteiger partial charge < -0.3 is 19.6 Å². The number of rotatable bonds is 4. The molecule has 110 valence electrons. The Hall–Kier alpha value is -2.00. The predicted molar refractivity (Wildman–Crippen MR) is 74.9 cm³/mol. The monoisotopic (exact) mass is 354 g/mol. The third-order valence-corrected chi connectivity index (χ3v) is 3.44. The van der Waals surface area contributed by atoms with E-state index in [1.807, 2.05) is 12.1 Å². The van der Waals surface area contributed by atoms with E-state index >= 15 is 0 Å². The van der Waals surface area contributed by atoms with Gasteiger partial charge in [-0.3, -0.25) is 9.55 Å². The molecule has 3 heterocycles. The molecule has 21 heavy (non-hydrogen) atoms. The Morgan fingerprint density at radius 3 is 3.14 bits per heavy atom. The first-order valence-corrected chi connectivity index (χ1v) is 6.97. The van der Waals surface area contributed by atoms with E-state index in [1.165, 1.54) is 6.20 Å². The van der Waals surface area contributed by atoms with Crippen LogP contribution in [0.1, 0.15) is 5.69 Å². The lowest BCUT2D eigenvalue weighted by atomic mass is 10.3. The molecule has 1 aliphatic heterocycles. The fourth-order valence-corrected chi connectivity index (χ4v) is 2.19. The zero-order valence-corrected chi connectivity index (χ0v) is 12.4. The second kappa shape index (κ2) is 5.78. The van der Waals surface area contributed by atoms with Gasteiger partial charge in [0.1, 0.15) is 18.9 Å². The van der Waals surface area contributed by atoms with Crippen LogP contribution in [0, 0.1) is 10.1 Å². The molecule has 0 N–H and O–H groups in total. The summed E-state index contributed by atoms with van der Waals surface area (Å²) in [7, 11) is 0. The van der Waals surface area contributed by atoms with Crippen molar-refractivity contribution in [3.05, 3.63) is 44.8 Å². The van der Waals surface area contributed by atoms with Gasteiger partial charge in [0.15, 0.2) is 0 Å². The Labute approximate surface area is 128 Å². The first kappa shape index (κ1) is 14.0. The summed E-state index contributed by atoms with van der Waals surface area (Å²) in [6.07, 6.45) is 2.85. The van der Waals surface area contributed by atoms with E-state index in [0.717, 1.165) is 10.2 Å². The molecule has 8 nitrogen and oxygen atoms in total. The second-order valence-corrected chi connectivity index (χ2v) is 5.42. The number of ether oxygens (including phenoxy) is 2. The highest BCUT2D eigenvalue weighted by Crippen LogP contribution is 2.22. The molecule has 0 saturated carbocycles. The third kappa shape index (κ3) is 3.19. The molecule has 0 spiro atoms. The fourth-order valence-electron chi connectivity index (χ4n) is 1.96. The molecule has 0 fully saturated rings. The van der Waals surface area contributed by atoms with Gasteiger partial charge in [0.2, 0.25) is 0 Å². The lowest BCUT2D eigenvalue weighted by Gasteiger charge is -2.22. The normalized spacial score (nSPS) is 17.1. The molecule has 1 aliphatic rings. The van der Waals surface area contributed by atoms with Crippen LogP contribution < -0.4 is 4.74 Å². The SMILES string of the molecule is O=[N+]([O-])c1cn2c(n1)OCC(OCc1ccc(Br)cn1)C2. The van der Waals surface area contributed by atoms with E-state index in [-0.39, 0.29) is 17.9 Å². The van der Waals surface area contributed by atoms with Crippen molar-refractivity contribution in [1.29, 1.82) is 0 Å². The molecule has 0 aliphatic carbocycles. The van der Waals surface area contributed by atoms with Gasteiger partial charge in [-0.2, -0.15) is 0 Å². The molecule has 0 amide bonds. The van der Waals surface area contributed by atoms with E-state index in [9.17, 15) is 10.1 Å². The molecule has 2 aromatic heterocycles. The Morgan fingerprint density at radius 2 is 2.43 bits per heavy atom. The van der Waals surface area contributed by atoms with Gasteiger partial charge in [-0.15, -0.1) is 0 Å². The van der Waals surface area contributed by atoms with Crippen LogP contribution in [0.5, 0.6) is 6.01 Å². The standard InChI is InChI=1S/C12H11BrN4O4/c13-8-1-2-9(14-3-8)6-20-10-4-16-5-11(17(18)19)15-12(16)21-7-10/h1-3,5,10H,4,6-7H2. The van der Waals surface area contributed by atoms with Gasteiger partial charge in [-0.1, -0.05) is 0 Å². The fraction of sp³-hybridized carbons (Fsp3) is 0.333. The van der Waals surface area contributed by atoms with E-state index in [1.54, 1.807) is 10.8 Å². The molecule has 0 bridgehead atoms. The summed E-state index contributed by atoms with van der Waals surface area (Å²) in [5, 5.41) is 10.7. The Balaban J connectivity index is 1.61. The van der Waals surface area contributed by atoms with Crippen molar-refractivity contribution in [2.75, 3.05) is 6.61 Å². The maximum absolute atomic E-state index is 10.7. The average Bonchev–Trinajstić information content (AvgIpc) is 2.90. The van der Waals surface area contributed by atoms with Crippen LogP contribution in [0.3, 0.4) is 0 Å². The van der Waals surface area contributed by atoms with Crippen LogP contribution in [-0.4, -0.2) is 32.2 Å². The maximum atomic E-state index is 10.7. The molecule has 3 rings (SSSR count). The molecule has 9 heteroatoms. The summed E-state index contributed by atoms with van der Waals surface area (Å²) in [6, 6.07) is 4.00. The highest BCUT2D eigenvalue weighted by Gasteiger charge is 2.28. The number of nitro groups is 1. The largest absolute Gasteiger partial charge is 0.443 e. The summed E-state index contributed by atoms with van der Waals surface area (Å²) in [6.45, 7) is 1.13. The topological polar surface area (TPSA) is 92.3 Å². The molecular formula is C12H11BrN4O4. The summed E-state index contributed by atoms with van der Waals surface area (Å²) in [4.78, 5) is 18.1. The highest BCUT2D eigenvalue weighted by molar-refractivity contribution is 9.10. The van der Waals surface area contributed by atoms with E-state index < -0.39 is 4.92 Å². The number of pyridine rings is 1. The van der Waals surface area contributed by atoms with Crippen molar-refractivity contribution in [3.63, 3.8) is 0 Å². The number of imidazole rings is 1. The third-order valence-electron chi connectivity index (χ3n) is 2.97. The number of fused-ring (bicyclic) bond motifs is 1. The molecule has 1 atom stereocenters.